The van der Waals surface area contributed by atoms with Gasteiger partial charge < -0.3 is 5.11 Å². The topological polar surface area (TPSA) is 63.1 Å². The average molecular weight is 254 g/mol. The van der Waals surface area contributed by atoms with E-state index in [9.17, 15) is 4.79 Å². The van der Waals surface area contributed by atoms with E-state index in [0.717, 1.165) is 11.4 Å². The molecule has 1 heterocycles. The summed E-state index contributed by atoms with van der Waals surface area (Å²) in [6.07, 6.45) is 0. The number of aromatic nitrogens is 2. The summed E-state index contributed by atoms with van der Waals surface area (Å²) in [4.78, 5) is 19.7. The first-order valence-electron chi connectivity index (χ1n) is 5.50. The molecule has 0 unspecified atom stereocenters. The van der Waals surface area contributed by atoms with Gasteiger partial charge in [0.25, 0.3) is 0 Å². The van der Waals surface area contributed by atoms with Crippen molar-refractivity contribution in [1.82, 2.24) is 9.97 Å². The van der Waals surface area contributed by atoms with E-state index in [1.807, 2.05) is 13.0 Å². The number of thioether (sulfide) groups is 1. The predicted octanol–water partition coefficient (Wildman–Crippen LogP) is 2.86. The van der Waals surface area contributed by atoms with Crippen molar-refractivity contribution in [3.8, 4) is 0 Å². The minimum Gasteiger partial charge on any atom is -0.480 e. The number of hydrogen-bond acceptors (Lipinski definition) is 4. The van der Waals surface area contributed by atoms with E-state index < -0.39 is 10.7 Å². The van der Waals surface area contributed by atoms with Crippen LogP contribution in [0.15, 0.2) is 11.2 Å². The zero-order valence-electron chi connectivity index (χ0n) is 10.8. The third-order valence-corrected chi connectivity index (χ3v) is 3.36. The van der Waals surface area contributed by atoms with Gasteiger partial charge in [-0.1, -0.05) is 25.6 Å². The summed E-state index contributed by atoms with van der Waals surface area (Å²) >= 11 is 1.18. The van der Waals surface area contributed by atoms with Crippen molar-refractivity contribution >= 4 is 17.7 Å². The third-order valence-electron chi connectivity index (χ3n) is 2.31. The number of carboxylic acids is 1. The van der Waals surface area contributed by atoms with Gasteiger partial charge in [-0.2, -0.15) is 0 Å². The molecule has 0 atom stereocenters. The standard InChI is InChI=1S/C12H18N2O2S/c1-7(2)9-6-8(3)13-11(14-9)17-12(4,5)10(15)16/h6-7H,1-5H3,(H,15,16). The van der Waals surface area contributed by atoms with E-state index >= 15 is 0 Å². The lowest BCUT2D eigenvalue weighted by atomic mass is 10.1. The highest BCUT2D eigenvalue weighted by atomic mass is 32.2. The fourth-order valence-corrected chi connectivity index (χ4v) is 2.06. The number of carbonyl (C=O) groups is 1. The highest BCUT2D eigenvalue weighted by Gasteiger charge is 2.30. The molecular weight excluding hydrogens is 236 g/mol. The first kappa shape index (κ1) is 14.0. The smallest absolute Gasteiger partial charge is 0.319 e. The Morgan fingerprint density at radius 3 is 2.47 bits per heavy atom. The lowest BCUT2D eigenvalue weighted by Gasteiger charge is -2.18. The van der Waals surface area contributed by atoms with Gasteiger partial charge >= 0.3 is 5.97 Å². The predicted molar refractivity (Wildman–Crippen MR) is 68.4 cm³/mol. The van der Waals surface area contributed by atoms with E-state index in [1.54, 1.807) is 13.8 Å². The van der Waals surface area contributed by atoms with Crippen molar-refractivity contribution in [2.24, 2.45) is 0 Å². The number of aryl methyl sites for hydroxylation is 1. The van der Waals surface area contributed by atoms with Crippen molar-refractivity contribution in [2.45, 2.75) is 50.4 Å². The molecule has 4 nitrogen and oxygen atoms in total. The quantitative estimate of drug-likeness (QED) is 0.661. The van der Waals surface area contributed by atoms with Gasteiger partial charge in [0.2, 0.25) is 0 Å². The van der Waals surface area contributed by atoms with Crippen LogP contribution in [0.4, 0.5) is 0 Å². The van der Waals surface area contributed by atoms with Crippen LogP contribution in [0.2, 0.25) is 0 Å². The lowest BCUT2D eigenvalue weighted by molar-refractivity contribution is -0.138. The van der Waals surface area contributed by atoms with Crippen LogP contribution in [0.3, 0.4) is 0 Å². The van der Waals surface area contributed by atoms with Gasteiger partial charge in [-0.25, -0.2) is 9.97 Å². The maximum Gasteiger partial charge on any atom is 0.319 e. The molecule has 1 N–H and O–H groups in total. The maximum absolute atomic E-state index is 11.1. The summed E-state index contributed by atoms with van der Waals surface area (Å²) in [6, 6.07) is 1.93. The summed E-state index contributed by atoms with van der Waals surface area (Å²) in [5, 5.41) is 9.60. The number of nitrogens with zero attached hydrogens (tertiary/aromatic N) is 2. The molecule has 0 aliphatic heterocycles. The summed E-state index contributed by atoms with van der Waals surface area (Å²) in [6.45, 7) is 9.31. The Morgan fingerprint density at radius 2 is 2.00 bits per heavy atom. The van der Waals surface area contributed by atoms with Gasteiger partial charge in [0.15, 0.2) is 5.16 Å². The number of rotatable bonds is 4. The Labute approximate surface area is 106 Å². The molecule has 0 spiro atoms. The molecule has 0 fully saturated rings. The Bertz CT molecular complexity index is 431. The molecule has 1 aromatic rings. The van der Waals surface area contributed by atoms with Crippen LogP contribution in [-0.4, -0.2) is 25.8 Å². The second-order valence-electron chi connectivity index (χ2n) is 4.79. The second-order valence-corrected chi connectivity index (χ2v) is 6.38. The van der Waals surface area contributed by atoms with Crippen LogP contribution in [0, 0.1) is 6.92 Å². The normalized spacial score (nSPS) is 11.9. The van der Waals surface area contributed by atoms with Crippen LogP contribution in [0.1, 0.15) is 45.0 Å². The van der Waals surface area contributed by atoms with Crippen LogP contribution >= 0.6 is 11.8 Å². The largest absolute Gasteiger partial charge is 0.480 e. The minimum atomic E-state index is -0.915. The highest BCUT2D eigenvalue weighted by Crippen LogP contribution is 2.31. The Hall–Kier alpha value is -1.10. The zero-order chi connectivity index (χ0) is 13.2. The van der Waals surface area contributed by atoms with Gasteiger partial charge in [-0.15, -0.1) is 0 Å². The van der Waals surface area contributed by atoms with E-state index in [4.69, 9.17) is 5.11 Å². The molecule has 0 aliphatic carbocycles. The van der Waals surface area contributed by atoms with Crippen molar-refractivity contribution in [2.75, 3.05) is 0 Å². The van der Waals surface area contributed by atoms with E-state index in [2.05, 4.69) is 23.8 Å². The van der Waals surface area contributed by atoms with Crippen molar-refractivity contribution < 1.29 is 9.90 Å². The van der Waals surface area contributed by atoms with Gasteiger partial charge in [0.1, 0.15) is 4.75 Å². The molecule has 1 aromatic heterocycles. The summed E-state index contributed by atoms with van der Waals surface area (Å²) in [5.74, 6) is -0.553. The number of carboxylic acid groups (broad SMARTS) is 1. The van der Waals surface area contributed by atoms with Gasteiger partial charge in [0, 0.05) is 11.4 Å². The number of aliphatic carboxylic acids is 1. The molecule has 0 amide bonds. The van der Waals surface area contributed by atoms with Crippen LogP contribution in [0.5, 0.6) is 0 Å². The molecule has 0 bridgehead atoms. The first-order valence-corrected chi connectivity index (χ1v) is 6.32. The molecule has 5 heteroatoms. The summed E-state index contributed by atoms with van der Waals surface area (Å²) < 4.78 is -0.915. The third kappa shape index (κ3) is 3.70. The maximum atomic E-state index is 11.1. The molecule has 1 rings (SSSR count). The van der Waals surface area contributed by atoms with Gasteiger partial charge in [0.05, 0.1) is 0 Å². The van der Waals surface area contributed by atoms with E-state index in [1.165, 1.54) is 11.8 Å². The van der Waals surface area contributed by atoms with Gasteiger partial charge in [-0.05, 0) is 32.8 Å². The van der Waals surface area contributed by atoms with E-state index in [-0.39, 0.29) is 0 Å². The monoisotopic (exact) mass is 254 g/mol. The molecular formula is C12H18N2O2S. The first-order chi connectivity index (χ1) is 7.72. The molecule has 17 heavy (non-hydrogen) atoms. The van der Waals surface area contributed by atoms with Crippen molar-refractivity contribution in [1.29, 1.82) is 0 Å². The molecule has 0 radical (unpaired) electrons. The van der Waals surface area contributed by atoms with Crippen molar-refractivity contribution in [3.63, 3.8) is 0 Å². The fourth-order valence-electron chi connectivity index (χ4n) is 1.18. The zero-order valence-corrected chi connectivity index (χ0v) is 11.6. The Morgan fingerprint density at radius 1 is 1.41 bits per heavy atom. The summed E-state index contributed by atoms with van der Waals surface area (Å²) in [5.41, 5.74) is 1.81. The summed E-state index contributed by atoms with van der Waals surface area (Å²) in [7, 11) is 0. The SMILES string of the molecule is Cc1cc(C(C)C)nc(SC(C)(C)C(=O)O)n1. The average Bonchev–Trinajstić information content (AvgIpc) is 2.15. The highest BCUT2D eigenvalue weighted by molar-refractivity contribution is 8.01. The molecule has 0 aromatic carbocycles. The Kier molecular flexibility index (Phi) is 4.14. The van der Waals surface area contributed by atoms with Crippen LogP contribution < -0.4 is 0 Å². The minimum absolute atomic E-state index is 0.309. The lowest BCUT2D eigenvalue weighted by Crippen LogP contribution is -2.27. The number of hydrogen-bond donors (Lipinski definition) is 1. The fraction of sp³-hybridized carbons (Fsp3) is 0.583. The van der Waals surface area contributed by atoms with Crippen molar-refractivity contribution in [3.05, 3.63) is 17.5 Å². The van der Waals surface area contributed by atoms with Crippen LogP contribution in [-0.2, 0) is 4.79 Å². The second kappa shape index (κ2) is 5.04. The molecule has 94 valence electrons. The van der Waals surface area contributed by atoms with Crippen LogP contribution in [0.25, 0.3) is 0 Å². The molecule has 0 saturated heterocycles. The van der Waals surface area contributed by atoms with E-state index in [0.29, 0.717) is 11.1 Å². The molecule has 0 saturated carbocycles. The Balaban J connectivity index is 3.03. The molecule has 0 aliphatic rings. The van der Waals surface area contributed by atoms with Gasteiger partial charge in [-0.3, -0.25) is 4.79 Å².